The summed E-state index contributed by atoms with van der Waals surface area (Å²) in [6, 6.07) is 7.49. The van der Waals surface area contributed by atoms with E-state index in [2.05, 4.69) is 15.3 Å². The van der Waals surface area contributed by atoms with Gasteiger partial charge in [-0.15, -0.1) is 11.3 Å². The lowest BCUT2D eigenvalue weighted by atomic mass is 9.92. The smallest absolute Gasteiger partial charge is 0.333 e. The molecule has 38 heavy (non-hydrogen) atoms. The molecule has 0 unspecified atom stereocenters. The molecule has 5 rings (SSSR count). The molecule has 14 heteroatoms. The largest absolute Gasteiger partial charge is 0.393 e. The second-order valence-corrected chi connectivity index (χ2v) is 11.5. The van der Waals surface area contributed by atoms with Crippen molar-refractivity contribution in [3.63, 3.8) is 0 Å². The number of alkyl halides is 2. The zero-order valence-corrected chi connectivity index (χ0v) is 21.4. The molecule has 3 aromatic rings. The molecule has 202 valence electrons. The molecular weight excluding hydrogens is 542 g/mol. The van der Waals surface area contributed by atoms with Gasteiger partial charge in [-0.25, -0.2) is 9.97 Å². The van der Waals surface area contributed by atoms with E-state index in [1.165, 1.54) is 18.6 Å². The molecule has 3 heterocycles. The molecule has 4 N–H and O–H groups in total. The van der Waals surface area contributed by atoms with Gasteiger partial charge >= 0.3 is 10.3 Å². The first-order valence-electron chi connectivity index (χ1n) is 11.7. The maximum atomic E-state index is 14.3. The Bertz CT molecular complexity index is 1450. The van der Waals surface area contributed by atoms with Crippen LogP contribution in [0.3, 0.4) is 0 Å². The van der Waals surface area contributed by atoms with E-state index >= 15 is 0 Å². The van der Waals surface area contributed by atoms with E-state index in [1.54, 1.807) is 29.6 Å². The molecule has 0 spiro atoms. The highest BCUT2D eigenvalue weighted by Crippen LogP contribution is 2.43. The van der Waals surface area contributed by atoms with Crippen LogP contribution in [0.4, 0.5) is 14.6 Å². The lowest BCUT2D eigenvalue weighted by Crippen LogP contribution is -2.32. The first-order valence-corrected chi connectivity index (χ1v) is 14.0. The molecule has 1 fully saturated rings. The van der Waals surface area contributed by atoms with Crippen LogP contribution in [-0.2, 0) is 21.0 Å². The number of carbonyl (C=O) groups is 1. The van der Waals surface area contributed by atoms with Crippen molar-refractivity contribution in [3.05, 3.63) is 75.4 Å². The minimum absolute atomic E-state index is 0.0953. The number of thiophene rings is 1. The summed E-state index contributed by atoms with van der Waals surface area (Å²) in [6.45, 7) is -0.896. The SMILES string of the molecule is O=C(c1cc([C@H]2OCC(F)(F)c3ccccc32)cs1)c1cncnc1N[C@@H]1C[C@H](CNS(=O)(=O)O)[C@@H](O)C1. The number of benzene rings is 1. The van der Waals surface area contributed by atoms with Crippen LogP contribution in [0.15, 0.2) is 48.2 Å². The Labute approximate surface area is 221 Å². The molecule has 0 radical (unpaired) electrons. The molecule has 4 atom stereocenters. The van der Waals surface area contributed by atoms with Gasteiger partial charge in [-0.2, -0.15) is 21.9 Å². The molecule has 0 saturated heterocycles. The van der Waals surface area contributed by atoms with E-state index in [4.69, 9.17) is 9.29 Å². The number of aliphatic hydroxyl groups excluding tert-OH is 1. The van der Waals surface area contributed by atoms with Crippen LogP contribution in [-0.4, -0.2) is 59.1 Å². The summed E-state index contributed by atoms with van der Waals surface area (Å²) in [4.78, 5) is 21.9. The number of rotatable bonds is 8. The standard InChI is InChI=1S/C24H24F2N4O6S2/c25-24(26)11-36-22(16-3-1-2-4-18(16)24)14-6-20(37-10-14)21(32)17-9-27-12-28-23(17)30-15-5-13(19(31)7-15)8-29-38(33,34)35/h1-4,6,9-10,12-13,15,19,22,29,31H,5,7-8,11H2,(H,27,28,30)(H,33,34,35)/t13-,15-,19+,22-/m1/s1. The van der Waals surface area contributed by atoms with Crippen LogP contribution in [0, 0.1) is 5.92 Å². The Kier molecular flexibility index (Phi) is 7.28. The number of fused-ring (bicyclic) bond motifs is 1. The third kappa shape index (κ3) is 5.60. The predicted octanol–water partition coefficient (Wildman–Crippen LogP) is 2.92. The van der Waals surface area contributed by atoms with Crippen molar-refractivity contribution < 1.29 is 36.4 Å². The molecule has 1 aromatic carbocycles. The van der Waals surface area contributed by atoms with Gasteiger partial charge in [0.1, 0.15) is 24.9 Å². The van der Waals surface area contributed by atoms with Crippen molar-refractivity contribution in [3.8, 4) is 0 Å². The van der Waals surface area contributed by atoms with Crippen molar-refractivity contribution >= 4 is 33.2 Å². The van der Waals surface area contributed by atoms with Gasteiger partial charge in [-0.1, -0.05) is 24.3 Å². The molecule has 2 aromatic heterocycles. The topological polar surface area (TPSA) is 151 Å². The monoisotopic (exact) mass is 566 g/mol. The Morgan fingerprint density at radius 2 is 2.05 bits per heavy atom. The molecule has 2 aliphatic rings. The summed E-state index contributed by atoms with van der Waals surface area (Å²) in [5, 5.41) is 15.1. The second-order valence-electron chi connectivity index (χ2n) is 9.30. The second kappa shape index (κ2) is 10.4. The van der Waals surface area contributed by atoms with Crippen molar-refractivity contribution in [2.24, 2.45) is 5.92 Å². The Balaban J connectivity index is 1.32. The van der Waals surface area contributed by atoms with Crippen LogP contribution in [0.25, 0.3) is 0 Å². The first-order chi connectivity index (χ1) is 18.0. The van der Waals surface area contributed by atoms with Crippen LogP contribution in [0.2, 0.25) is 0 Å². The van der Waals surface area contributed by atoms with Gasteiger partial charge in [0.25, 0.3) is 5.92 Å². The minimum atomic E-state index is -4.38. The lowest BCUT2D eigenvalue weighted by molar-refractivity contribution is -0.115. The van der Waals surface area contributed by atoms with Gasteiger partial charge < -0.3 is 15.2 Å². The Hall–Kier alpha value is -2.88. The fourth-order valence-corrected chi connectivity index (χ4v) is 6.19. The van der Waals surface area contributed by atoms with Gasteiger partial charge in [0.15, 0.2) is 0 Å². The van der Waals surface area contributed by atoms with Gasteiger partial charge in [-0.3, -0.25) is 9.35 Å². The average Bonchev–Trinajstić information content (AvgIpc) is 3.49. The third-order valence-electron chi connectivity index (χ3n) is 6.70. The summed E-state index contributed by atoms with van der Waals surface area (Å²) in [6.07, 6.45) is 1.73. The van der Waals surface area contributed by atoms with Gasteiger partial charge in [0, 0.05) is 30.3 Å². The van der Waals surface area contributed by atoms with Crippen LogP contribution in [0.5, 0.6) is 0 Å². The van der Waals surface area contributed by atoms with Crippen molar-refractivity contribution in [1.29, 1.82) is 0 Å². The summed E-state index contributed by atoms with van der Waals surface area (Å²) in [5.74, 6) is -3.67. The summed E-state index contributed by atoms with van der Waals surface area (Å²) >= 11 is 1.15. The number of halogens is 2. The Morgan fingerprint density at radius 3 is 2.84 bits per heavy atom. The van der Waals surface area contributed by atoms with Crippen molar-refractivity contribution in [2.75, 3.05) is 18.5 Å². The highest BCUT2D eigenvalue weighted by atomic mass is 32.2. The minimum Gasteiger partial charge on any atom is -0.393 e. The summed E-state index contributed by atoms with van der Waals surface area (Å²) in [5.41, 5.74) is 1.03. The zero-order chi connectivity index (χ0) is 27.1. The summed E-state index contributed by atoms with van der Waals surface area (Å²) in [7, 11) is -4.38. The summed E-state index contributed by atoms with van der Waals surface area (Å²) < 4.78 is 67.0. The van der Waals surface area contributed by atoms with Crippen molar-refractivity contribution in [1.82, 2.24) is 14.7 Å². The third-order valence-corrected chi connectivity index (χ3v) is 8.18. The quantitative estimate of drug-likeness (QED) is 0.238. The number of nitrogens with zero attached hydrogens (tertiary/aromatic N) is 2. The van der Waals surface area contributed by atoms with Crippen molar-refractivity contribution in [2.45, 2.75) is 37.0 Å². The molecule has 1 aliphatic heterocycles. The number of nitrogens with one attached hydrogen (secondary N) is 2. The van der Waals surface area contributed by atoms with Crippen LogP contribution >= 0.6 is 11.3 Å². The fourth-order valence-electron chi connectivity index (χ4n) is 4.89. The highest BCUT2D eigenvalue weighted by Gasteiger charge is 2.42. The van der Waals surface area contributed by atoms with E-state index in [-0.39, 0.29) is 41.7 Å². The molecule has 0 amide bonds. The van der Waals surface area contributed by atoms with E-state index < -0.39 is 41.0 Å². The normalized spacial score (nSPS) is 24.6. The van der Waals surface area contributed by atoms with E-state index in [0.717, 1.165) is 11.3 Å². The fraction of sp³-hybridized carbons (Fsp3) is 0.375. The van der Waals surface area contributed by atoms with Crippen LogP contribution < -0.4 is 10.0 Å². The number of ketones is 1. The highest BCUT2D eigenvalue weighted by molar-refractivity contribution is 7.83. The molecule has 1 aliphatic carbocycles. The van der Waals surface area contributed by atoms with Gasteiger partial charge in [-0.05, 0) is 35.4 Å². The maximum Gasteiger partial charge on any atom is 0.333 e. The molecule has 10 nitrogen and oxygen atoms in total. The predicted molar refractivity (Wildman–Crippen MR) is 134 cm³/mol. The number of aromatic nitrogens is 2. The number of ether oxygens (including phenoxy) is 1. The molecule has 1 saturated carbocycles. The number of carbonyl (C=O) groups excluding carboxylic acids is 1. The van der Waals surface area contributed by atoms with Gasteiger partial charge in [0.05, 0.1) is 16.5 Å². The number of aliphatic hydroxyl groups is 1. The molecular formula is C24H24F2N4O6S2. The first kappa shape index (κ1) is 26.7. The van der Waals surface area contributed by atoms with E-state index in [9.17, 15) is 27.1 Å². The maximum absolute atomic E-state index is 14.3. The van der Waals surface area contributed by atoms with E-state index in [1.807, 2.05) is 4.72 Å². The number of hydrogen-bond donors (Lipinski definition) is 4. The van der Waals surface area contributed by atoms with Crippen LogP contribution in [0.1, 0.15) is 50.9 Å². The average molecular weight is 567 g/mol. The number of hydrogen-bond acceptors (Lipinski definition) is 9. The zero-order valence-electron chi connectivity index (χ0n) is 19.8. The van der Waals surface area contributed by atoms with E-state index in [0.29, 0.717) is 22.4 Å². The molecule has 0 bridgehead atoms. The van der Waals surface area contributed by atoms with Gasteiger partial charge in [0.2, 0.25) is 5.78 Å². The lowest BCUT2D eigenvalue weighted by Gasteiger charge is -2.31. The number of anilines is 1. The Morgan fingerprint density at radius 1 is 1.26 bits per heavy atom.